The van der Waals surface area contributed by atoms with Crippen molar-refractivity contribution in [1.82, 2.24) is 0 Å². The van der Waals surface area contributed by atoms with Gasteiger partial charge in [0, 0.05) is 13.3 Å². The van der Waals surface area contributed by atoms with Crippen molar-refractivity contribution in [1.29, 1.82) is 0 Å². The van der Waals surface area contributed by atoms with E-state index in [4.69, 9.17) is 0 Å². The first kappa shape index (κ1) is 6.76. The molecule has 0 aliphatic rings. The van der Waals surface area contributed by atoms with Crippen molar-refractivity contribution >= 4 is 18.0 Å². The van der Waals surface area contributed by atoms with Crippen molar-refractivity contribution in [2.24, 2.45) is 4.99 Å². The first-order valence-corrected chi connectivity index (χ1v) is 3.30. The maximum absolute atomic E-state index is 3.75. The van der Waals surface area contributed by atoms with E-state index in [1.165, 1.54) is 0 Å². The SMILES string of the molecule is C/N=C\C=C/SC. The fourth-order valence-corrected chi connectivity index (χ4v) is 0.427. The van der Waals surface area contributed by atoms with Crippen molar-refractivity contribution in [2.75, 3.05) is 13.3 Å². The Labute approximate surface area is 48.5 Å². The molecule has 0 saturated carbocycles. The molecule has 0 aromatic rings. The quantitative estimate of drug-likeness (QED) is 0.497. The van der Waals surface area contributed by atoms with Crippen LogP contribution in [0.5, 0.6) is 0 Å². The zero-order chi connectivity index (χ0) is 5.54. The molecule has 2 heteroatoms. The van der Waals surface area contributed by atoms with E-state index >= 15 is 0 Å². The summed E-state index contributed by atoms with van der Waals surface area (Å²) in [6.45, 7) is 0. The van der Waals surface area contributed by atoms with Gasteiger partial charge in [-0.2, -0.15) is 0 Å². The molecule has 0 aromatic carbocycles. The van der Waals surface area contributed by atoms with Gasteiger partial charge in [0.25, 0.3) is 0 Å². The highest BCUT2D eigenvalue weighted by Gasteiger charge is 1.58. The molecule has 0 saturated heterocycles. The summed E-state index contributed by atoms with van der Waals surface area (Å²) >= 11 is 1.67. The number of allylic oxidation sites excluding steroid dienone is 1. The van der Waals surface area contributed by atoms with Crippen LogP contribution in [-0.2, 0) is 0 Å². The highest BCUT2D eigenvalue weighted by molar-refractivity contribution is 8.01. The number of thioether (sulfide) groups is 1. The molecule has 0 amide bonds. The minimum Gasteiger partial charge on any atom is -0.296 e. The molecule has 1 nitrogen and oxygen atoms in total. The Hall–Kier alpha value is -0.240. The first-order valence-electron chi connectivity index (χ1n) is 2.02. The van der Waals surface area contributed by atoms with E-state index in [0.29, 0.717) is 0 Å². The van der Waals surface area contributed by atoms with Gasteiger partial charge < -0.3 is 0 Å². The summed E-state index contributed by atoms with van der Waals surface area (Å²) in [4.78, 5) is 3.75. The summed E-state index contributed by atoms with van der Waals surface area (Å²) in [5.74, 6) is 0. The molecule has 7 heavy (non-hydrogen) atoms. The van der Waals surface area contributed by atoms with E-state index < -0.39 is 0 Å². The van der Waals surface area contributed by atoms with Gasteiger partial charge >= 0.3 is 0 Å². The molecule has 0 heterocycles. The lowest BCUT2D eigenvalue weighted by molar-refractivity contribution is 1.48. The fraction of sp³-hybridized carbons (Fsp3) is 0.400. The lowest BCUT2D eigenvalue weighted by atomic mass is 10.7. The Bertz CT molecular complexity index is 76.1. The number of hydrogen-bond acceptors (Lipinski definition) is 2. The zero-order valence-electron chi connectivity index (χ0n) is 4.59. The topological polar surface area (TPSA) is 12.4 Å². The molecule has 0 rings (SSSR count). The van der Waals surface area contributed by atoms with E-state index in [0.717, 1.165) is 0 Å². The van der Waals surface area contributed by atoms with Gasteiger partial charge in [0.05, 0.1) is 0 Å². The standard InChI is InChI=1S/C5H9NS/c1-6-4-3-5-7-2/h3-5H,1-2H3/b5-3-,6-4-. The summed E-state index contributed by atoms with van der Waals surface area (Å²) in [7, 11) is 1.75. The van der Waals surface area contributed by atoms with Crippen LogP contribution in [0, 0.1) is 0 Å². The third-order valence-corrected chi connectivity index (χ3v) is 0.879. The second-order valence-electron chi connectivity index (χ2n) is 0.972. The molecule has 0 aliphatic carbocycles. The Morgan fingerprint density at radius 1 is 1.57 bits per heavy atom. The Kier molecular flexibility index (Phi) is 5.56. The molecule has 0 aliphatic heterocycles. The summed E-state index contributed by atoms with van der Waals surface area (Å²) in [6, 6.07) is 0. The van der Waals surface area contributed by atoms with E-state index in [-0.39, 0.29) is 0 Å². The second kappa shape index (κ2) is 5.76. The Morgan fingerprint density at radius 3 is 2.71 bits per heavy atom. The summed E-state index contributed by atoms with van der Waals surface area (Å²) in [5, 5.41) is 1.98. The average Bonchev–Trinajstić information content (AvgIpc) is 1.69. The minimum absolute atomic E-state index is 1.67. The van der Waals surface area contributed by atoms with Crippen LogP contribution in [0.3, 0.4) is 0 Å². The summed E-state index contributed by atoms with van der Waals surface area (Å²) in [5.41, 5.74) is 0. The van der Waals surface area contributed by atoms with Crippen molar-refractivity contribution < 1.29 is 0 Å². The van der Waals surface area contributed by atoms with E-state index in [1.54, 1.807) is 25.0 Å². The van der Waals surface area contributed by atoms with Crippen LogP contribution in [0.2, 0.25) is 0 Å². The number of hydrogen-bond donors (Lipinski definition) is 0. The molecular formula is C5H9NS. The van der Waals surface area contributed by atoms with Gasteiger partial charge in [0.1, 0.15) is 0 Å². The molecule has 0 bridgehead atoms. The van der Waals surface area contributed by atoms with Crippen LogP contribution in [0.15, 0.2) is 16.5 Å². The monoisotopic (exact) mass is 115 g/mol. The Morgan fingerprint density at radius 2 is 2.29 bits per heavy atom. The van der Waals surface area contributed by atoms with Crippen LogP contribution in [0.1, 0.15) is 0 Å². The smallest absolute Gasteiger partial charge is 0.0277 e. The van der Waals surface area contributed by atoms with Gasteiger partial charge in [-0.25, -0.2) is 0 Å². The molecule has 0 fully saturated rings. The lowest BCUT2D eigenvalue weighted by Gasteiger charge is -1.70. The number of nitrogens with zero attached hydrogens (tertiary/aromatic N) is 1. The van der Waals surface area contributed by atoms with E-state index in [1.807, 2.05) is 17.7 Å². The van der Waals surface area contributed by atoms with Gasteiger partial charge in [-0.3, -0.25) is 4.99 Å². The molecule has 0 aromatic heterocycles. The fourth-order valence-electron chi connectivity index (χ4n) is 0.200. The third-order valence-electron chi connectivity index (χ3n) is 0.450. The summed E-state index contributed by atoms with van der Waals surface area (Å²) < 4.78 is 0. The number of rotatable bonds is 2. The van der Waals surface area contributed by atoms with Gasteiger partial charge in [-0.15, -0.1) is 11.8 Å². The highest BCUT2D eigenvalue weighted by Crippen LogP contribution is 1.89. The highest BCUT2D eigenvalue weighted by atomic mass is 32.2. The van der Waals surface area contributed by atoms with Crippen molar-refractivity contribution in [3.05, 3.63) is 11.5 Å². The lowest BCUT2D eigenvalue weighted by Crippen LogP contribution is -1.57. The van der Waals surface area contributed by atoms with Crippen molar-refractivity contribution in [3.8, 4) is 0 Å². The van der Waals surface area contributed by atoms with Crippen LogP contribution in [0.25, 0.3) is 0 Å². The van der Waals surface area contributed by atoms with Crippen LogP contribution < -0.4 is 0 Å². The maximum Gasteiger partial charge on any atom is 0.0277 e. The van der Waals surface area contributed by atoms with E-state index in [2.05, 4.69) is 4.99 Å². The molecule has 0 atom stereocenters. The molecule has 0 radical (unpaired) electrons. The molecule has 0 N–H and O–H groups in total. The maximum atomic E-state index is 3.75. The van der Waals surface area contributed by atoms with Crippen molar-refractivity contribution in [2.45, 2.75) is 0 Å². The van der Waals surface area contributed by atoms with Gasteiger partial charge in [0.2, 0.25) is 0 Å². The van der Waals surface area contributed by atoms with Gasteiger partial charge in [0.15, 0.2) is 0 Å². The third kappa shape index (κ3) is 5.76. The predicted octanol–water partition coefficient (Wildman–Crippen LogP) is 1.56. The van der Waals surface area contributed by atoms with Gasteiger partial charge in [-0.05, 0) is 17.7 Å². The molecule has 0 unspecified atom stereocenters. The van der Waals surface area contributed by atoms with Crippen LogP contribution >= 0.6 is 11.8 Å². The van der Waals surface area contributed by atoms with E-state index in [9.17, 15) is 0 Å². The zero-order valence-corrected chi connectivity index (χ0v) is 5.40. The Balaban J connectivity index is 3.09. The van der Waals surface area contributed by atoms with Crippen LogP contribution in [0.4, 0.5) is 0 Å². The predicted molar refractivity (Wildman–Crippen MR) is 37.1 cm³/mol. The van der Waals surface area contributed by atoms with Gasteiger partial charge in [-0.1, -0.05) is 0 Å². The van der Waals surface area contributed by atoms with Crippen molar-refractivity contribution in [3.63, 3.8) is 0 Å². The minimum atomic E-state index is 1.67. The summed E-state index contributed by atoms with van der Waals surface area (Å²) in [6.07, 6.45) is 5.68. The second-order valence-corrected chi connectivity index (χ2v) is 1.72. The largest absolute Gasteiger partial charge is 0.296 e. The normalized spacial score (nSPS) is 11.7. The average molecular weight is 115 g/mol. The first-order chi connectivity index (χ1) is 3.41. The van der Waals surface area contributed by atoms with Crippen LogP contribution in [-0.4, -0.2) is 19.5 Å². The number of aliphatic imine (C=N–C) groups is 1. The molecule has 40 valence electrons. The molecular weight excluding hydrogens is 106 g/mol. The molecule has 0 spiro atoms.